The first-order valence-electron chi connectivity index (χ1n) is 11.5. The van der Waals surface area contributed by atoms with Crippen LogP contribution in [0.25, 0.3) is 0 Å². The first-order chi connectivity index (χ1) is 17.6. The molecule has 4 rings (SSSR count). The van der Waals surface area contributed by atoms with E-state index in [4.69, 9.17) is 56.1 Å². The van der Waals surface area contributed by atoms with Gasteiger partial charge in [-0.1, -0.05) is 59.1 Å². The van der Waals surface area contributed by atoms with Crippen LogP contribution in [-0.4, -0.2) is 22.7 Å². The molecule has 3 aromatic carbocycles. The van der Waals surface area contributed by atoms with E-state index in [0.29, 0.717) is 44.4 Å². The van der Waals surface area contributed by atoms with Crippen LogP contribution in [-0.2, 0) is 5.41 Å². The highest BCUT2D eigenvalue weighted by molar-refractivity contribution is 6.64. The Morgan fingerprint density at radius 1 is 1.03 bits per heavy atom. The van der Waals surface area contributed by atoms with Crippen molar-refractivity contribution in [2.75, 3.05) is 6.61 Å². The van der Waals surface area contributed by atoms with E-state index in [-0.39, 0.29) is 0 Å². The smallest absolute Gasteiger partial charge is 0.322 e. The third-order valence-electron chi connectivity index (χ3n) is 6.24. The van der Waals surface area contributed by atoms with Gasteiger partial charge in [-0.2, -0.15) is 5.26 Å². The highest BCUT2D eigenvalue weighted by Crippen LogP contribution is 2.46. The zero-order valence-corrected chi connectivity index (χ0v) is 23.3. The molecule has 0 fully saturated rings. The summed E-state index contributed by atoms with van der Waals surface area (Å²) < 4.78 is 5.96. The standard InChI is InChI=1S/C28H23Cl4N3O2/c1-4-37-23-14-21(28(2,3)15-33)22(31)13-20(23)26-34-24(16-5-9-18(29)10-6-16)25(35(26)27(32)36)17-7-11-19(30)12-8-17/h5-14,24-25H,4H2,1-3H3. The number of amidine groups is 1. The third kappa shape index (κ3) is 5.44. The molecule has 0 aromatic heterocycles. The van der Waals surface area contributed by atoms with Crippen LogP contribution in [0.3, 0.4) is 0 Å². The number of hydrogen-bond acceptors (Lipinski definition) is 4. The lowest BCUT2D eigenvalue weighted by Crippen LogP contribution is -2.34. The van der Waals surface area contributed by atoms with Crippen molar-refractivity contribution in [2.45, 2.75) is 38.3 Å². The lowest BCUT2D eigenvalue weighted by Gasteiger charge is -2.28. The van der Waals surface area contributed by atoms with Crippen molar-refractivity contribution < 1.29 is 9.53 Å². The molecule has 190 valence electrons. The molecule has 1 aliphatic heterocycles. The third-order valence-corrected chi connectivity index (χ3v) is 7.24. The summed E-state index contributed by atoms with van der Waals surface area (Å²) in [4.78, 5) is 19.4. The molecule has 2 atom stereocenters. The zero-order chi connectivity index (χ0) is 26.9. The van der Waals surface area contributed by atoms with Crippen molar-refractivity contribution in [1.29, 1.82) is 5.26 Å². The van der Waals surface area contributed by atoms with Gasteiger partial charge in [-0.3, -0.25) is 14.7 Å². The molecule has 9 heteroatoms. The molecule has 1 amide bonds. The summed E-state index contributed by atoms with van der Waals surface area (Å²) in [5.41, 5.74) is 1.87. The fourth-order valence-corrected chi connectivity index (χ4v) is 5.22. The summed E-state index contributed by atoms with van der Waals surface area (Å²) in [6, 6.07) is 19.1. The molecule has 1 aliphatic rings. The molecule has 0 spiro atoms. The molecule has 0 radical (unpaired) electrons. The van der Waals surface area contributed by atoms with Gasteiger partial charge in [-0.05, 0) is 85.5 Å². The second-order valence-electron chi connectivity index (χ2n) is 9.07. The van der Waals surface area contributed by atoms with Crippen LogP contribution < -0.4 is 4.74 Å². The Bertz CT molecular complexity index is 1400. The van der Waals surface area contributed by atoms with E-state index in [0.717, 1.165) is 11.1 Å². The van der Waals surface area contributed by atoms with Crippen molar-refractivity contribution in [3.63, 3.8) is 0 Å². The Morgan fingerprint density at radius 2 is 1.59 bits per heavy atom. The Balaban J connectivity index is 1.96. The maximum absolute atomic E-state index is 13.0. The average Bonchev–Trinajstić information content (AvgIpc) is 3.26. The number of carbonyl (C=O) groups is 1. The Morgan fingerprint density at radius 3 is 2.11 bits per heavy atom. The zero-order valence-electron chi connectivity index (χ0n) is 20.3. The van der Waals surface area contributed by atoms with Gasteiger partial charge in [-0.15, -0.1) is 0 Å². The van der Waals surface area contributed by atoms with Crippen LogP contribution in [0, 0.1) is 11.3 Å². The van der Waals surface area contributed by atoms with Gasteiger partial charge in [0.25, 0.3) is 0 Å². The Kier molecular flexibility index (Phi) is 8.06. The van der Waals surface area contributed by atoms with Crippen LogP contribution in [0.2, 0.25) is 15.1 Å². The van der Waals surface area contributed by atoms with E-state index >= 15 is 0 Å². The monoisotopic (exact) mass is 573 g/mol. The van der Waals surface area contributed by atoms with Gasteiger partial charge in [0.2, 0.25) is 0 Å². The van der Waals surface area contributed by atoms with E-state index in [1.165, 1.54) is 4.90 Å². The van der Waals surface area contributed by atoms with Gasteiger partial charge in [0.15, 0.2) is 0 Å². The molecule has 0 saturated carbocycles. The fraction of sp³-hybridized carbons (Fsp3) is 0.250. The highest BCUT2D eigenvalue weighted by atomic mass is 35.5. The van der Waals surface area contributed by atoms with Crippen molar-refractivity contribution >= 4 is 57.6 Å². The molecular weight excluding hydrogens is 552 g/mol. The van der Waals surface area contributed by atoms with Crippen LogP contribution >= 0.6 is 46.4 Å². The SMILES string of the molecule is CCOc1cc(C(C)(C)C#N)c(Cl)cc1C1=NC(c2ccc(Cl)cc2)C(c2ccc(Cl)cc2)N1C(=O)Cl. The van der Waals surface area contributed by atoms with Gasteiger partial charge in [-0.25, -0.2) is 0 Å². The highest BCUT2D eigenvalue weighted by Gasteiger charge is 2.43. The number of hydrogen-bond donors (Lipinski definition) is 0. The predicted molar refractivity (Wildman–Crippen MR) is 149 cm³/mol. The predicted octanol–water partition coefficient (Wildman–Crippen LogP) is 8.75. The summed E-state index contributed by atoms with van der Waals surface area (Å²) in [6.07, 6.45) is 0. The van der Waals surface area contributed by atoms with E-state index in [9.17, 15) is 10.1 Å². The van der Waals surface area contributed by atoms with Gasteiger partial charge >= 0.3 is 5.37 Å². The average molecular weight is 575 g/mol. The lowest BCUT2D eigenvalue weighted by atomic mass is 9.85. The minimum absolute atomic E-state index is 0.312. The normalized spacial score (nSPS) is 17.4. The number of benzene rings is 3. The molecule has 3 aromatic rings. The summed E-state index contributed by atoms with van der Waals surface area (Å²) in [7, 11) is 0. The molecule has 0 N–H and O–H groups in total. The van der Waals surface area contributed by atoms with Crippen LogP contribution in [0.1, 0.15) is 55.1 Å². The van der Waals surface area contributed by atoms with E-state index < -0.39 is 22.9 Å². The maximum atomic E-state index is 13.0. The summed E-state index contributed by atoms with van der Waals surface area (Å²) >= 11 is 25.2. The first kappa shape index (κ1) is 27.3. The van der Waals surface area contributed by atoms with Gasteiger partial charge in [0.1, 0.15) is 17.6 Å². The van der Waals surface area contributed by atoms with Gasteiger partial charge < -0.3 is 4.74 Å². The lowest BCUT2D eigenvalue weighted by molar-refractivity contribution is 0.231. The van der Waals surface area contributed by atoms with E-state index in [1.54, 1.807) is 50.2 Å². The number of nitriles is 1. The minimum atomic E-state index is -0.862. The number of amides is 1. The number of carbonyl (C=O) groups excluding carboxylic acids is 1. The van der Waals surface area contributed by atoms with Gasteiger partial charge in [0.05, 0.1) is 29.7 Å². The second-order valence-corrected chi connectivity index (χ2v) is 10.7. The molecule has 0 aliphatic carbocycles. The Labute approximate surface area is 236 Å². The summed E-state index contributed by atoms with van der Waals surface area (Å²) in [5, 5.41) is 10.5. The quantitative estimate of drug-likeness (QED) is 0.218. The van der Waals surface area contributed by atoms with Crippen LogP contribution in [0.4, 0.5) is 4.79 Å². The summed E-state index contributed by atoms with van der Waals surface area (Å²) in [5.74, 6) is 0.755. The number of nitrogens with zero attached hydrogens (tertiary/aromatic N) is 3. The fourth-order valence-electron chi connectivity index (χ4n) is 4.38. The largest absolute Gasteiger partial charge is 0.493 e. The number of ether oxygens (including phenoxy) is 1. The molecule has 2 unspecified atom stereocenters. The van der Waals surface area contributed by atoms with E-state index in [2.05, 4.69) is 6.07 Å². The number of rotatable bonds is 6. The van der Waals surface area contributed by atoms with E-state index in [1.807, 2.05) is 31.2 Å². The minimum Gasteiger partial charge on any atom is -0.493 e. The van der Waals surface area contributed by atoms with Crippen molar-refractivity contribution in [2.24, 2.45) is 4.99 Å². The number of aliphatic imine (C=N–C) groups is 1. The number of halogens is 4. The second kappa shape index (κ2) is 10.9. The van der Waals surface area contributed by atoms with Crippen LogP contribution in [0.15, 0.2) is 65.7 Å². The summed E-state index contributed by atoms with van der Waals surface area (Å²) in [6.45, 7) is 5.75. The maximum Gasteiger partial charge on any atom is 0.322 e. The topological polar surface area (TPSA) is 65.7 Å². The van der Waals surface area contributed by atoms with Gasteiger partial charge in [0, 0.05) is 15.1 Å². The molecular formula is C28H23Cl4N3O2. The molecule has 0 saturated heterocycles. The molecule has 0 bridgehead atoms. The van der Waals surface area contributed by atoms with Crippen molar-refractivity contribution in [3.05, 3.63) is 98.0 Å². The molecule has 5 nitrogen and oxygen atoms in total. The first-order valence-corrected chi connectivity index (χ1v) is 13.0. The van der Waals surface area contributed by atoms with Crippen molar-refractivity contribution in [3.8, 4) is 11.8 Å². The molecule has 37 heavy (non-hydrogen) atoms. The molecule has 1 heterocycles. The Hall–Kier alpha value is -2.75. The van der Waals surface area contributed by atoms with Crippen LogP contribution in [0.5, 0.6) is 5.75 Å². The van der Waals surface area contributed by atoms with Crippen molar-refractivity contribution in [1.82, 2.24) is 4.90 Å².